The summed E-state index contributed by atoms with van der Waals surface area (Å²) in [7, 11) is 1.79. The molecule has 0 saturated heterocycles. The van der Waals surface area contributed by atoms with Crippen LogP contribution in [0.4, 0.5) is 0 Å². The molecule has 1 aromatic carbocycles. The van der Waals surface area contributed by atoms with Gasteiger partial charge in [0.15, 0.2) is 0 Å². The molecule has 3 heterocycles. The molecule has 0 saturated carbocycles. The normalized spacial score (nSPS) is 12.4. The van der Waals surface area contributed by atoms with E-state index in [1.54, 1.807) is 29.1 Å². The van der Waals surface area contributed by atoms with Crippen LogP contribution in [-0.4, -0.2) is 27.2 Å². The van der Waals surface area contributed by atoms with Crippen molar-refractivity contribution in [2.45, 2.75) is 12.8 Å². The van der Waals surface area contributed by atoms with Gasteiger partial charge in [0.25, 0.3) is 5.91 Å². The van der Waals surface area contributed by atoms with Gasteiger partial charge >= 0.3 is 0 Å². The van der Waals surface area contributed by atoms with Gasteiger partial charge in [-0.25, -0.2) is 0 Å². The Balaban J connectivity index is 1.63. The SMILES string of the molecule is Cc1cc(C(=O)NC[C@@H](c2cccs2)c2c[nH]c3ccccc23)n(C)n1. The number of carbonyl (C=O) groups excluding carboxylic acids is 1. The summed E-state index contributed by atoms with van der Waals surface area (Å²) in [5.74, 6) is -0.000998. The van der Waals surface area contributed by atoms with Gasteiger partial charge in [0, 0.05) is 41.5 Å². The molecule has 3 aromatic heterocycles. The lowest BCUT2D eigenvalue weighted by Gasteiger charge is -2.16. The van der Waals surface area contributed by atoms with Crippen LogP contribution in [0, 0.1) is 6.92 Å². The molecule has 1 amide bonds. The maximum atomic E-state index is 12.6. The van der Waals surface area contributed by atoms with E-state index in [1.165, 1.54) is 15.8 Å². The van der Waals surface area contributed by atoms with Gasteiger partial charge in [-0.05, 0) is 36.1 Å². The van der Waals surface area contributed by atoms with Gasteiger partial charge in [-0.2, -0.15) is 5.10 Å². The monoisotopic (exact) mass is 364 g/mol. The van der Waals surface area contributed by atoms with Crippen LogP contribution in [0.1, 0.15) is 32.5 Å². The number of rotatable bonds is 5. The van der Waals surface area contributed by atoms with Crippen molar-refractivity contribution in [2.24, 2.45) is 7.05 Å². The molecular formula is C20H20N4OS. The smallest absolute Gasteiger partial charge is 0.269 e. The van der Waals surface area contributed by atoms with E-state index < -0.39 is 0 Å². The zero-order chi connectivity index (χ0) is 18.1. The van der Waals surface area contributed by atoms with E-state index in [-0.39, 0.29) is 11.8 Å². The van der Waals surface area contributed by atoms with Crippen molar-refractivity contribution in [1.29, 1.82) is 0 Å². The van der Waals surface area contributed by atoms with Gasteiger partial charge in [-0.3, -0.25) is 9.48 Å². The van der Waals surface area contributed by atoms with E-state index in [9.17, 15) is 4.79 Å². The van der Waals surface area contributed by atoms with E-state index in [4.69, 9.17) is 0 Å². The number of para-hydroxylation sites is 1. The van der Waals surface area contributed by atoms with Crippen LogP contribution in [0.2, 0.25) is 0 Å². The van der Waals surface area contributed by atoms with Crippen LogP contribution in [0.3, 0.4) is 0 Å². The molecule has 0 fully saturated rings. The molecule has 0 aliphatic carbocycles. The first-order chi connectivity index (χ1) is 12.6. The Morgan fingerprint density at radius 1 is 1.31 bits per heavy atom. The Morgan fingerprint density at radius 2 is 2.15 bits per heavy atom. The van der Waals surface area contributed by atoms with Gasteiger partial charge < -0.3 is 10.3 Å². The summed E-state index contributed by atoms with van der Waals surface area (Å²) in [4.78, 5) is 17.2. The molecule has 0 radical (unpaired) electrons. The summed E-state index contributed by atoms with van der Waals surface area (Å²) in [6.45, 7) is 2.42. The van der Waals surface area contributed by atoms with Crippen molar-refractivity contribution in [3.8, 4) is 0 Å². The zero-order valence-electron chi connectivity index (χ0n) is 14.7. The van der Waals surface area contributed by atoms with Crippen molar-refractivity contribution >= 4 is 28.1 Å². The summed E-state index contributed by atoms with van der Waals surface area (Å²) < 4.78 is 1.62. The molecule has 132 valence electrons. The molecule has 1 atom stereocenters. The predicted octanol–water partition coefficient (Wildman–Crippen LogP) is 3.83. The van der Waals surface area contributed by atoms with Crippen LogP contribution in [0.15, 0.2) is 54.0 Å². The fraction of sp³-hybridized carbons (Fsp3) is 0.200. The van der Waals surface area contributed by atoms with Gasteiger partial charge in [0.05, 0.1) is 5.69 Å². The predicted molar refractivity (Wildman–Crippen MR) is 105 cm³/mol. The number of amides is 1. The highest BCUT2D eigenvalue weighted by molar-refractivity contribution is 7.10. The molecule has 0 aliphatic rings. The average molecular weight is 364 g/mol. The van der Waals surface area contributed by atoms with Crippen molar-refractivity contribution in [3.63, 3.8) is 0 Å². The van der Waals surface area contributed by atoms with Gasteiger partial charge in [-0.1, -0.05) is 24.3 Å². The van der Waals surface area contributed by atoms with E-state index in [1.807, 2.05) is 25.1 Å². The highest BCUT2D eigenvalue weighted by Crippen LogP contribution is 2.32. The van der Waals surface area contributed by atoms with E-state index in [2.05, 4.69) is 45.2 Å². The molecule has 0 spiro atoms. The maximum Gasteiger partial charge on any atom is 0.269 e. The highest BCUT2D eigenvalue weighted by atomic mass is 32.1. The number of thiophene rings is 1. The van der Waals surface area contributed by atoms with E-state index in [0.717, 1.165) is 11.2 Å². The number of aryl methyl sites for hydroxylation is 2. The summed E-state index contributed by atoms with van der Waals surface area (Å²) >= 11 is 1.71. The lowest BCUT2D eigenvalue weighted by Crippen LogP contribution is -2.30. The van der Waals surface area contributed by atoms with Gasteiger partial charge in [0.2, 0.25) is 0 Å². The van der Waals surface area contributed by atoms with Crippen LogP contribution >= 0.6 is 11.3 Å². The minimum absolute atomic E-state index is 0.101. The number of benzene rings is 1. The van der Waals surface area contributed by atoms with Crippen LogP contribution in [-0.2, 0) is 7.05 Å². The maximum absolute atomic E-state index is 12.6. The first-order valence-corrected chi connectivity index (χ1v) is 9.39. The van der Waals surface area contributed by atoms with Crippen LogP contribution < -0.4 is 5.32 Å². The van der Waals surface area contributed by atoms with Crippen molar-refractivity contribution in [2.75, 3.05) is 6.54 Å². The third-order valence-electron chi connectivity index (χ3n) is 4.58. The zero-order valence-corrected chi connectivity index (χ0v) is 15.5. The Bertz CT molecular complexity index is 1050. The minimum atomic E-state index is -0.102. The van der Waals surface area contributed by atoms with Gasteiger partial charge in [-0.15, -0.1) is 11.3 Å². The first-order valence-electron chi connectivity index (χ1n) is 8.51. The molecule has 0 aliphatic heterocycles. The first kappa shape index (κ1) is 16.6. The number of hydrogen-bond donors (Lipinski definition) is 2. The van der Waals surface area contributed by atoms with Crippen molar-refractivity contribution in [1.82, 2.24) is 20.1 Å². The number of aromatic amines is 1. The lowest BCUT2D eigenvalue weighted by molar-refractivity contribution is 0.0943. The average Bonchev–Trinajstić information content (AvgIpc) is 3.36. The fourth-order valence-electron chi connectivity index (χ4n) is 3.34. The number of H-pyrrole nitrogens is 1. The number of aromatic nitrogens is 3. The second-order valence-corrected chi connectivity index (χ2v) is 7.34. The number of fused-ring (bicyclic) bond motifs is 1. The Hall–Kier alpha value is -2.86. The molecule has 6 heteroatoms. The Morgan fingerprint density at radius 3 is 2.88 bits per heavy atom. The largest absolute Gasteiger partial charge is 0.361 e. The number of carbonyl (C=O) groups is 1. The van der Waals surface area contributed by atoms with Crippen molar-refractivity contribution < 1.29 is 4.79 Å². The van der Waals surface area contributed by atoms with Crippen molar-refractivity contribution in [3.05, 3.63) is 75.9 Å². The summed E-state index contributed by atoms with van der Waals surface area (Å²) in [6, 6.07) is 14.2. The molecule has 0 unspecified atom stereocenters. The Labute approximate surface area is 155 Å². The standard InChI is InChI=1S/C20H20N4OS/c1-13-10-18(24(2)23-13)20(25)22-12-16(19-8-5-9-26-19)15-11-21-17-7-4-3-6-14(15)17/h3-11,16,21H,12H2,1-2H3,(H,22,25)/t16-/m1/s1. The number of nitrogens with zero attached hydrogens (tertiary/aromatic N) is 2. The topological polar surface area (TPSA) is 62.7 Å². The third-order valence-corrected chi connectivity index (χ3v) is 5.57. The highest BCUT2D eigenvalue weighted by Gasteiger charge is 2.21. The van der Waals surface area contributed by atoms with E-state index in [0.29, 0.717) is 12.2 Å². The molecule has 5 nitrogen and oxygen atoms in total. The van der Waals surface area contributed by atoms with Crippen LogP contribution in [0.25, 0.3) is 10.9 Å². The second-order valence-electron chi connectivity index (χ2n) is 6.36. The lowest BCUT2D eigenvalue weighted by atomic mass is 9.96. The minimum Gasteiger partial charge on any atom is -0.361 e. The summed E-state index contributed by atoms with van der Waals surface area (Å²) in [5.41, 5.74) is 3.72. The Kier molecular flexibility index (Phi) is 4.34. The number of hydrogen-bond acceptors (Lipinski definition) is 3. The van der Waals surface area contributed by atoms with Gasteiger partial charge in [0.1, 0.15) is 5.69 Å². The fourth-order valence-corrected chi connectivity index (χ4v) is 4.19. The molecular weight excluding hydrogens is 344 g/mol. The molecule has 0 bridgehead atoms. The van der Waals surface area contributed by atoms with Crippen LogP contribution in [0.5, 0.6) is 0 Å². The molecule has 26 heavy (non-hydrogen) atoms. The number of nitrogens with one attached hydrogen (secondary N) is 2. The third kappa shape index (κ3) is 3.04. The van der Waals surface area contributed by atoms with E-state index >= 15 is 0 Å². The summed E-state index contributed by atoms with van der Waals surface area (Å²) in [6.07, 6.45) is 2.05. The molecule has 4 aromatic rings. The molecule has 2 N–H and O–H groups in total. The quantitative estimate of drug-likeness (QED) is 0.565. The summed E-state index contributed by atoms with van der Waals surface area (Å²) in [5, 5.41) is 10.6. The second kappa shape index (κ2) is 6.80. The molecule has 4 rings (SSSR count).